The van der Waals surface area contributed by atoms with Gasteiger partial charge < -0.3 is 11.1 Å². The molecule has 1 rings (SSSR count). The Labute approximate surface area is 115 Å². The molecular weight excluding hydrogens is 279 g/mol. The van der Waals surface area contributed by atoms with Crippen LogP contribution in [0.2, 0.25) is 10.0 Å². The van der Waals surface area contributed by atoms with Crippen LogP contribution in [0.15, 0.2) is 18.2 Å². The third kappa shape index (κ3) is 4.50. The lowest BCUT2D eigenvalue weighted by molar-refractivity contribution is 0.0951. The summed E-state index contributed by atoms with van der Waals surface area (Å²) in [6.45, 7) is 2.23. The summed E-state index contributed by atoms with van der Waals surface area (Å²) in [6, 6.07) is 4.67. The van der Waals surface area contributed by atoms with E-state index >= 15 is 0 Å². The molecule has 17 heavy (non-hydrogen) atoms. The predicted molar refractivity (Wildman–Crippen MR) is 74.7 cm³/mol. The van der Waals surface area contributed by atoms with Crippen LogP contribution in [0.3, 0.4) is 0 Å². The van der Waals surface area contributed by atoms with Crippen molar-refractivity contribution in [1.29, 1.82) is 0 Å². The molecule has 0 saturated heterocycles. The fourth-order valence-electron chi connectivity index (χ4n) is 1.13. The summed E-state index contributed by atoms with van der Waals surface area (Å²) in [5.74, 6) is -0.305. The number of nitrogens with two attached hydrogens (primary N) is 1. The maximum atomic E-state index is 11.8. The van der Waals surface area contributed by atoms with Gasteiger partial charge >= 0.3 is 0 Å². The van der Waals surface area contributed by atoms with Crippen LogP contribution in [0.25, 0.3) is 0 Å². The molecule has 0 aliphatic carbocycles. The van der Waals surface area contributed by atoms with Crippen LogP contribution >= 0.6 is 35.4 Å². The highest BCUT2D eigenvalue weighted by molar-refractivity contribution is 7.80. The van der Waals surface area contributed by atoms with Gasteiger partial charge in [0.25, 0.3) is 5.91 Å². The highest BCUT2D eigenvalue weighted by atomic mass is 35.5. The van der Waals surface area contributed by atoms with Crippen molar-refractivity contribution in [3.8, 4) is 0 Å². The molecule has 92 valence electrons. The van der Waals surface area contributed by atoms with E-state index < -0.39 is 0 Å². The van der Waals surface area contributed by atoms with Gasteiger partial charge in [-0.25, -0.2) is 0 Å². The first-order valence-corrected chi connectivity index (χ1v) is 6.10. The second-order valence-corrected chi connectivity index (χ2v) is 5.02. The monoisotopic (exact) mass is 290 g/mol. The molecule has 0 spiro atoms. The van der Waals surface area contributed by atoms with E-state index in [1.54, 1.807) is 18.2 Å². The Bertz CT molecular complexity index is 431. The number of thiocarbonyl (C=S) groups is 1. The standard InChI is InChI=1S/C11H12Cl2N2OS/c1-6(10(14)17)5-15-11(16)7-2-8(12)4-9(13)3-7/h2-4,6H,5H2,1H3,(H2,14,17)(H,15,16). The summed E-state index contributed by atoms with van der Waals surface area (Å²) < 4.78 is 0. The topological polar surface area (TPSA) is 55.1 Å². The van der Waals surface area contributed by atoms with E-state index in [2.05, 4.69) is 5.32 Å². The molecule has 0 aliphatic rings. The molecule has 0 heterocycles. The summed E-state index contributed by atoms with van der Waals surface area (Å²) in [5, 5.41) is 3.55. The van der Waals surface area contributed by atoms with Crippen molar-refractivity contribution in [2.24, 2.45) is 11.7 Å². The first-order valence-electron chi connectivity index (χ1n) is 4.93. The fourth-order valence-corrected chi connectivity index (χ4v) is 1.74. The van der Waals surface area contributed by atoms with Crippen LogP contribution in [0.4, 0.5) is 0 Å². The van der Waals surface area contributed by atoms with Crippen molar-refractivity contribution in [1.82, 2.24) is 5.32 Å². The van der Waals surface area contributed by atoms with Crippen molar-refractivity contribution < 1.29 is 4.79 Å². The second kappa shape index (κ2) is 6.19. The average molecular weight is 291 g/mol. The molecule has 0 fully saturated rings. The van der Waals surface area contributed by atoms with Crippen LogP contribution in [-0.2, 0) is 0 Å². The summed E-state index contributed by atoms with van der Waals surface area (Å²) in [6.07, 6.45) is 0. The number of nitrogens with one attached hydrogen (secondary N) is 1. The molecule has 0 saturated carbocycles. The molecule has 1 aromatic rings. The number of carbonyl (C=O) groups excluding carboxylic acids is 1. The molecule has 0 bridgehead atoms. The zero-order chi connectivity index (χ0) is 13.0. The molecule has 3 nitrogen and oxygen atoms in total. The van der Waals surface area contributed by atoms with Crippen LogP contribution < -0.4 is 11.1 Å². The van der Waals surface area contributed by atoms with E-state index in [1.807, 2.05) is 6.92 Å². The predicted octanol–water partition coefficient (Wildman–Crippen LogP) is 2.65. The van der Waals surface area contributed by atoms with Crippen LogP contribution in [-0.4, -0.2) is 17.4 Å². The molecule has 1 amide bonds. The van der Waals surface area contributed by atoms with Gasteiger partial charge in [-0.15, -0.1) is 0 Å². The first-order chi connectivity index (χ1) is 7.90. The van der Waals surface area contributed by atoms with Crippen LogP contribution in [0.5, 0.6) is 0 Å². The van der Waals surface area contributed by atoms with E-state index in [-0.39, 0.29) is 11.8 Å². The fraction of sp³-hybridized carbons (Fsp3) is 0.273. The molecule has 0 radical (unpaired) electrons. The molecule has 3 N–H and O–H groups in total. The van der Waals surface area contributed by atoms with Crippen molar-refractivity contribution in [2.75, 3.05) is 6.54 Å². The second-order valence-electron chi connectivity index (χ2n) is 3.67. The quantitative estimate of drug-likeness (QED) is 0.838. The van der Waals surface area contributed by atoms with Crippen molar-refractivity contribution in [3.63, 3.8) is 0 Å². The SMILES string of the molecule is CC(CNC(=O)c1cc(Cl)cc(Cl)c1)C(N)=S. The molecule has 0 aliphatic heterocycles. The Morgan fingerprint density at radius 1 is 1.41 bits per heavy atom. The Balaban J connectivity index is 2.67. The number of rotatable bonds is 4. The zero-order valence-electron chi connectivity index (χ0n) is 9.17. The number of halogens is 2. The minimum atomic E-state index is -0.252. The van der Waals surface area contributed by atoms with E-state index in [0.29, 0.717) is 27.1 Å². The lowest BCUT2D eigenvalue weighted by Crippen LogP contribution is -2.33. The normalized spacial score (nSPS) is 11.9. The molecular formula is C11H12Cl2N2OS. The summed E-state index contributed by atoms with van der Waals surface area (Å²) in [5.41, 5.74) is 5.86. The van der Waals surface area contributed by atoms with Gasteiger partial charge in [0.2, 0.25) is 0 Å². The summed E-state index contributed by atoms with van der Waals surface area (Å²) in [7, 11) is 0. The van der Waals surface area contributed by atoms with Gasteiger partial charge in [-0.2, -0.15) is 0 Å². The third-order valence-corrected chi connectivity index (χ3v) is 3.02. The Morgan fingerprint density at radius 2 is 1.94 bits per heavy atom. The summed E-state index contributed by atoms with van der Waals surface area (Å²) in [4.78, 5) is 12.1. The summed E-state index contributed by atoms with van der Waals surface area (Å²) >= 11 is 16.4. The average Bonchev–Trinajstić information content (AvgIpc) is 2.23. The van der Waals surface area contributed by atoms with Gasteiger partial charge in [0.1, 0.15) is 0 Å². The minimum absolute atomic E-state index is 0.0522. The number of benzene rings is 1. The van der Waals surface area contributed by atoms with Crippen molar-refractivity contribution >= 4 is 46.3 Å². The molecule has 0 aromatic heterocycles. The van der Waals surface area contributed by atoms with Gasteiger partial charge in [-0.3, -0.25) is 4.79 Å². The number of carbonyl (C=O) groups is 1. The Morgan fingerprint density at radius 3 is 2.41 bits per heavy atom. The number of hydrogen-bond donors (Lipinski definition) is 2. The van der Waals surface area contributed by atoms with Crippen molar-refractivity contribution in [2.45, 2.75) is 6.92 Å². The largest absolute Gasteiger partial charge is 0.393 e. The lowest BCUT2D eigenvalue weighted by Gasteiger charge is -2.11. The van der Waals surface area contributed by atoms with Crippen LogP contribution in [0, 0.1) is 5.92 Å². The molecule has 1 atom stereocenters. The van der Waals surface area contributed by atoms with Gasteiger partial charge in [-0.1, -0.05) is 42.3 Å². The van der Waals surface area contributed by atoms with Gasteiger partial charge in [0, 0.05) is 28.1 Å². The first kappa shape index (κ1) is 14.2. The van der Waals surface area contributed by atoms with E-state index in [1.165, 1.54) is 0 Å². The van der Waals surface area contributed by atoms with E-state index in [0.717, 1.165) is 0 Å². The van der Waals surface area contributed by atoms with Crippen molar-refractivity contribution in [3.05, 3.63) is 33.8 Å². The minimum Gasteiger partial charge on any atom is -0.393 e. The highest BCUT2D eigenvalue weighted by Gasteiger charge is 2.10. The maximum Gasteiger partial charge on any atom is 0.251 e. The van der Waals surface area contributed by atoms with Gasteiger partial charge in [-0.05, 0) is 18.2 Å². The Hall–Kier alpha value is -0.840. The van der Waals surface area contributed by atoms with E-state index in [9.17, 15) is 4.79 Å². The smallest absolute Gasteiger partial charge is 0.251 e. The molecule has 6 heteroatoms. The van der Waals surface area contributed by atoms with Crippen LogP contribution in [0.1, 0.15) is 17.3 Å². The van der Waals surface area contributed by atoms with Gasteiger partial charge in [0.15, 0.2) is 0 Å². The molecule has 1 aromatic carbocycles. The highest BCUT2D eigenvalue weighted by Crippen LogP contribution is 2.18. The number of hydrogen-bond acceptors (Lipinski definition) is 2. The third-order valence-electron chi connectivity index (χ3n) is 2.18. The Kier molecular flexibility index (Phi) is 5.18. The maximum absolute atomic E-state index is 11.8. The number of amides is 1. The lowest BCUT2D eigenvalue weighted by atomic mass is 10.1. The van der Waals surface area contributed by atoms with E-state index in [4.69, 9.17) is 41.2 Å². The molecule has 1 unspecified atom stereocenters. The van der Waals surface area contributed by atoms with Gasteiger partial charge in [0.05, 0.1) is 4.99 Å². The zero-order valence-corrected chi connectivity index (χ0v) is 11.5.